The fourth-order valence-electron chi connectivity index (χ4n) is 2.63. The van der Waals surface area contributed by atoms with Crippen LogP contribution in [0.15, 0.2) is 65.8 Å². The first-order valence-corrected chi connectivity index (χ1v) is 8.04. The van der Waals surface area contributed by atoms with E-state index in [2.05, 4.69) is 10.5 Å². The number of amides is 1. The molecule has 1 amide bonds. The summed E-state index contributed by atoms with van der Waals surface area (Å²) in [6, 6.07) is 17.9. The number of benzene rings is 2. The fraction of sp³-hybridized carbons (Fsp3) is 0.100. The molecule has 3 rings (SSSR count). The summed E-state index contributed by atoms with van der Waals surface area (Å²) >= 11 is 0. The standard InChI is InChI=1S/C20H19N3O3/c1-14-7-8-16(23(14)15-9-11-17(26-2)12-10-15)13-21-22-20(25)18-5-3-4-6-19(18)24/h3-13,24H,1-2H3,(H,22,25)/b21-13-. The Hall–Kier alpha value is -3.54. The van der Waals surface area contributed by atoms with E-state index in [-0.39, 0.29) is 11.3 Å². The Balaban J connectivity index is 1.79. The van der Waals surface area contributed by atoms with Gasteiger partial charge in [-0.15, -0.1) is 0 Å². The molecule has 2 N–H and O–H groups in total. The quantitative estimate of drug-likeness (QED) is 0.548. The lowest BCUT2D eigenvalue weighted by Gasteiger charge is -2.10. The zero-order valence-electron chi connectivity index (χ0n) is 14.5. The Labute approximate surface area is 151 Å². The van der Waals surface area contributed by atoms with Crippen molar-refractivity contribution in [2.24, 2.45) is 5.10 Å². The summed E-state index contributed by atoms with van der Waals surface area (Å²) in [4.78, 5) is 12.1. The Morgan fingerprint density at radius 1 is 1.12 bits per heavy atom. The smallest absolute Gasteiger partial charge is 0.275 e. The maximum atomic E-state index is 12.1. The number of phenols is 1. The summed E-state index contributed by atoms with van der Waals surface area (Å²) in [5.74, 6) is 0.222. The SMILES string of the molecule is COc1ccc(-n2c(C)ccc2/C=N\NC(=O)c2ccccc2O)cc1. The molecule has 0 unspecified atom stereocenters. The van der Waals surface area contributed by atoms with Crippen LogP contribution in [0, 0.1) is 6.92 Å². The van der Waals surface area contributed by atoms with Gasteiger partial charge in [0.25, 0.3) is 5.91 Å². The molecule has 0 fully saturated rings. The number of methoxy groups -OCH3 is 1. The van der Waals surface area contributed by atoms with Gasteiger partial charge in [0.05, 0.1) is 24.6 Å². The summed E-state index contributed by atoms with van der Waals surface area (Å²) in [6.45, 7) is 1.99. The van der Waals surface area contributed by atoms with Crippen LogP contribution in [-0.4, -0.2) is 28.9 Å². The molecule has 0 spiro atoms. The van der Waals surface area contributed by atoms with E-state index in [9.17, 15) is 9.90 Å². The van der Waals surface area contributed by atoms with Gasteiger partial charge in [-0.25, -0.2) is 5.43 Å². The van der Waals surface area contributed by atoms with Crippen molar-refractivity contribution in [3.8, 4) is 17.2 Å². The maximum absolute atomic E-state index is 12.1. The number of para-hydroxylation sites is 1. The summed E-state index contributed by atoms with van der Waals surface area (Å²) in [5, 5.41) is 13.7. The lowest BCUT2D eigenvalue weighted by atomic mass is 10.2. The molecule has 0 aliphatic heterocycles. The second kappa shape index (κ2) is 7.57. The molecule has 6 nitrogen and oxygen atoms in total. The normalized spacial score (nSPS) is 10.8. The molecule has 132 valence electrons. The molecule has 0 atom stereocenters. The molecule has 2 aromatic carbocycles. The van der Waals surface area contributed by atoms with Crippen LogP contribution >= 0.6 is 0 Å². The summed E-state index contributed by atoms with van der Waals surface area (Å²) in [5.41, 5.74) is 5.41. The highest BCUT2D eigenvalue weighted by molar-refractivity contribution is 5.97. The third-order valence-corrected chi connectivity index (χ3v) is 3.95. The van der Waals surface area contributed by atoms with Gasteiger partial charge >= 0.3 is 0 Å². The molecule has 0 saturated heterocycles. The Morgan fingerprint density at radius 2 is 1.85 bits per heavy atom. The number of rotatable bonds is 5. The van der Waals surface area contributed by atoms with Crippen LogP contribution in [-0.2, 0) is 0 Å². The number of aromatic nitrogens is 1. The number of carbonyl (C=O) groups is 1. The van der Waals surface area contributed by atoms with Crippen LogP contribution in [0.1, 0.15) is 21.7 Å². The molecule has 3 aromatic rings. The summed E-state index contributed by atoms with van der Waals surface area (Å²) < 4.78 is 7.20. The van der Waals surface area contributed by atoms with Gasteiger partial charge in [-0.3, -0.25) is 4.79 Å². The van der Waals surface area contributed by atoms with Crippen molar-refractivity contribution in [3.63, 3.8) is 0 Å². The highest BCUT2D eigenvalue weighted by Gasteiger charge is 2.09. The Morgan fingerprint density at radius 3 is 2.54 bits per heavy atom. The van der Waals surface area contributed by atoms with E-state index in [0.29, 0.717) is 0 Å². The van der Waals surface area contributed by atoms with E-state index in [1.165, 1.54) is 12.1 Å². The molecule has 0 aliphatic carbocycles. The van der Waals surface area contributed by atoms with E-state index in [4.69, 9.17) is 4.74 Å². The molecular weight excluding hydrogens is 330 g/mol. The highest BCUT2D eigenvalue weighted by atomic mass is 16.5. The van der Waals surface area contributed by atoms with Crippen molar-refractivity contribution in [2.45, 2.75) is 6.92 Å². The first kappa shape index (κ1) is 17.3. The van der Waals surface area contributed by atoms with E-state index >= 15 is 0 Å². The molecule has 0 bridgehead atoms. The zero-order chi connectivity index (χ0) is 18.5. The number of nitrogens with one attached hydrogen (secondary N) is 1. The predicted octanol–water partition coefficient (Wildman–Crippen LogP) is 3.26. The maximum Gasteiger partial charge on any atom is 0.275 e. The minimum absolute atomic E-state index is 0.0855. The zero-order valence-corrected chi connectivity index (χ0v) is 14.5. The third kappa shape index (κ3) is 3.59. The van der Waals surface area contributed by atoms with Crippen molar-refractivity contribution in [2.75, 3.05) is 7.11 Å². The van der Waals surface area contributed by atoms with Gasteiger partial charge in [-0.05, 0) is 55.5 Å². The topological polar surface area (TPSA) is 75.8 Å². The number of nitrogens with zero attached hydrogens (tertiary/aromatic N) is 2. The van der Waals surface area contributed by atoms with E-state index < -0.39 is 5.91 Å². The highest BCUT2D eigenvalue weighted by Crippen LogP contribution is 2.19. The summed E-state index contributed by atoms with van der Waals surface area (Å²) in [6.07, 6.45) is 1.56. The molecule has 6 heteroatoms. The average molecular weight is 349 g/mol. The molecule has 0 aliphatic rings. The lowest BCUT2D eigenvalue weighted by molar-refractivity contribution is 0.0952. The van der Waals surface area contributed by atoms with Crippen molar-refractivity contribution < 1.29 is 14.6 Å². The van der Waals surface area contributed by atoms with Crippen LogP contribution in [0.2, 0.25) is 0 Å². The van der Waals surface area contributed by atoms with Gasteiger partial charge < -0.3 is 14.4 Å². The molecule has 26 heavy (non-hydrogen) atoms. The fourth-order valence-corrected chi connectivity index (χ4v) is 2.63. The lowest BCUT2D eigenvalue weighted by Crippen LogP contribution is -2.18. The van der Waals surface area contributed by atoms with E-state index in [1.807, 2.05) is 47.9 Å². The number of phenolic OH excluding ortho intramolecular Hbond substituents is 1. The molecule has 0 saturated carbocycles. The molecule has 1 heterocycles. The largest absolute Gasteiger partial charge is 0.507 e. The average Bonchev–Trinajstić information content (AvgIpc) is 3.02. The van der Waals surface area contributed by atoms with Gasteiger partial charge in [-0.2, -0.15) is 5.10 Å². The van der Waals surface area contributed by atoms with Gasteiger partial charge in [0, 0.05) is 11.4 Å². The van der Waals surface area contributed by atoms with Crippen LogP contribution in [0.25, 0.3) is 5.69 Å². The third-order valence-electron chi connectivity index (χ3n) is 3.95. The number of aromatic hydroxyl groups is 1. The van der Waals surface area contributed by atoms with Gasteiger partial charge in [0.15, 0.2) is 0 Å². The number of hydrogen-bond donors (Lipinski definition) is 2. The minimum Gasteiger partial charge on any atom is -0.507 e. The predicted molar refractivity (Wildman–Crippen MR) is 100 cm³/mol. The van der Waals surface area contributed by atoms with Crippen molar-refractivity contribution in [1.82, 2.24) is 9.99 Å². The first-order valence-electron chi connectivity index (χ1n) is 8.04. The van der Waals surface area contributed by atoms with E-state index in [1.54, 1.807) is 25.5 Å². The van der Waals surface area contributed by atoms with E-state index in [0.717, 1.165) is 22.8 Å². The second-order valence-corrected chi connectivity index (χ2v) is 5.65. The number of hydrazone groups is 1. The molecule has 1 aromatic heterocycles. The summed E-state index contributed by atoms with van der Waals surface area (Å²) in [7, 11) is 1.63. The van der Waals surface area contributed by atoms with Crippen molar-refractivity contribution in [3.05, 3.63) is 77.6 Å². The van der Waals surface area contributed by atoms with Crippen LogP contribution < -0.4 is 10.2 Å². The Kier molecular flexibility index (Phi) is 5.03. The monoisotopic (exact) mass is 349 g/mol. The number of aryl methyl sites for hydroxylation is 1. The van der Waals surface area contributed by atoms with Crippen LogP contribution in [0.4, 0.5) is 0 Å². The molecule has 0 radical (unpaired) electrons. The number of ether oxygens (including phenoxy) is 1. The van der Waals surface area contributed by atoms with Gasteiger partial charge in [0.1, 0.15) is 11.5 Å². The van der Waals surface area contributed by atoms with Crippen molar-refractivity contribution >= 4 is 12.1 Å². The van der Waals surface area contributed by atoms with Gasteiger partial charge in [0.2, 0.25) is 0 Å². The first-order chi connectivity index (χ1) is 12.6. The molecular formula is C20H19N3O3. The van der Waals surface area contributed by atoms with Gasteiger partial charge in [-0.1, -0.05) is 12.1 Å². The minimum atomic E-state index is -0.473. The number of hydrogen-bond acceptors (Lipinski definition) is 4. The van der Waals surface area contributed by atoms with Crippen LogP contribution in [0.3, 0.4) is 0 Å². The second-order valence-electron chi connectivity index (χ2n) is 5.65. The number of carbonyl (C=O) groups excluding carboxylic acids is 1. The Bertz CT molecular complexity index is 943. The van der Waals surface area contributed by atoms with Crippen molar-refractivity contribution in [1.29, 1.82) is 0 Å². The van der Waals surface area contributed by atoms with Crippen LogP contribution in [0.5, 0.6) is 11.5 Å².